The van der Waals surface area contributed by atoms with Crippen molar-refractivity contribution in [1.82, 2.24) is 4.90 Å². The van der Waals surface area contributed by atoms with E-state index in [9.17, 15) is 0 Å². The molecule has 0 bridgehead atoms. The van der Waals surface area contributed by atoms with Crippen LogP contribution in [-0.2, 0) is 4.84 Å². The van der Waals surface area contributed by atoms with Gasteiger partial charge in [0.25, 0.3) is 0 Å². The largest absolute Gasteiger partial charge is 0.399 e. The Balaban J connectivity index is 2.27. The van der Waals surface area contributed by atoms with Crippen molar-refractivity contribution in [3.8, 4) is 0 Å². The predicted molar refractivity (Wildman–Crippen MR) is 64.2 cm³/mol. The second-order valence-electron chi connectivity index (χ2n) is 3.97. The molecule has 1 rings (SSSR count). The van der Waals surface area contributed by atoms with Gasteiger partial charge < -0.3 is 4.84 Å². The van der Waals surface area contributed by atoms with Gasteiger partial charge in [0.1, 0.15) is 7.11 Å². The van der Waals surface area contributed by atoms with Crippen LogP contribution in [0.25, 0.3) is 0 Å². The second kappa shape index (κ2) is 7.46. The van der Waals surface area contributed by atoms with Crippen molar-refractivity contribution in [3.05, 3.63) is 11.6 Å². The highest BCUT2D eigenvalue weighted by molar-refractivity contribution is 5.78. The van der Waals surface area contributed by atoms with E-state index in [2.05, 4.69) is 27.9 Å². The summed E-state index contributed by atoms with van der Waals surface area (Å²) in [5, 5.41) is 3.81. The number of hydrogen-bond donors (Lipinski definition) is 0. The molecule has 0 radical (unpaired) electrons. The fourth-order valence-corrected chi connectivity index (χ4v) is 1.82. The molecule has 0 N–H and O–H groups in total. The van der Waals surface area contributed by atoms with E-state index < -0.39 is 0 Å². The molecule has 0 amide bonds. The zero-order chi connectivity index (χ0) is 10.9. The first kappa shape index (κ1) is 12.2. The Morgan fingerprint density at radius 3 is 3.13 bits per heavy atom. The van der Waals surface area contributed by atoms with Gasteiger partial charge in [0.05, 0.1) is 6.21 Å². The van der Waals surface area contributed by atoms with Crippen molar-refractivity contribution in [2.24, 2.45) is 5.16 Å². The summed E-state index contributed by atoms with van der Waals surface area (Å²) in [7, 11) is 1.58. The van der Waals surface area contributed by atoms with Gasteiger partial charge in [-0.1, -0.05) is 31.0 Å². The molecule has 0 aromatic carbocycles. The van der Waals surface area contributed by atoms with Gasteiger partial charge in [-0.3, -0.25) is 4.90 Å². The van der Waals surface area contributed by atoms with Crippen LogP contribution >= 0.6 is 0 Å². The number of nitrogens with zero attached hydrogens (tertiary/aromatic N) is 2. The minimum absolute atomic E-state index is 1.02. The van der Waals surface area contributed by atoms with Gasteiger partial charge in [-0.05, 0) is 25.0 Å². The van der Waals surface area contributed by atoms with Gasteiger partial charge in [0, 0.05) is 13.1 Å². The monoisotopic (exact) mass is 210 g/mol. The van der Waals surface area contributed by atoms with E-state index >= 15 is 0 Å². The first-order valence-corrected chi connectivity index (χ1v) is 5.84. The minimum Gasteiger partial charge on any atom is -0.399 e. The van der Waals surface area contributed by atoms with Gasteiger partial charge in [-0.2, -0.15) is 0 Å². The fraction of sp³-hybridized carbons (Fsp3) is 0.750. The van der Waals surface area contributed by atoms with Gasteiger partial charge in [-0.25, -0.2) is 0 Å². The molecule has 0 aliphatic carbocycles. The average molecular weight is 210 g/mol. The maximum absolute atomic E-state index is 4.69. The molecule has 0 aromatic heterocycles. The summed E-state index contributed by atoms with van der Waals surface area (Å²) in [6, 6.07) is 0. The Bertz CT molecular complexity index is 224. The van der Waals surface area contributed by atoms with Crippen LogP contribution in [0.1, 0.15) is 32.6 Å². The molecule has 0 aromatic rings. The van der Waals surface area contributed by atoms with Gasteiger partial charge in [0.2, 0.25) is 0 Å². The lowest BCUT2D eigenvalue weighted by Gasteiger charge is -2.25. The topological polar surface area (TPSA) is 24.8 Å². The Kier molecular flexibility index (Phi) is 6.09. The third-order valence-corrected chi connectivity index (χ3v) is 2.66. The molecule has 3 heteroatoms. The van der Waals surface area contributed by atoms with E-state index in [0.717, 1.165) is 13.0 Å². The van der Waals surface area contributed by atoms with E-state index in [4.69, 9.17) is 0 Å². The predicted octanol–water partition coefficient (Wildman–Crippen LogP) is 2.44. The molecule has 15 heavy (non-hydrogen) atoms. The number of hydrogen-bond acceptors (Lipinski definition) is 3. The minimum atomic E-state index is 1.02. The highest BCUT2D eigenvalue weighted by Crippen LogP contribution is 2.09. The van der Waals surface area contributed by atoms with Crippen LogP contribution < -0.4 is 0 Å². The summed E-state index contributed by atoms with van der Waals surface area (Å²) in [6.45, 7) is 5.67. The lowest BCUT2D eigenvalue weighted by molar-refractivity contribution is 0.214. The van der Waals surface area contributed by atoms with Crippen LogP contribution in [0.2, 0.25) is 0 Å². The van der Waals surface area contributed by atoms with Crippen LogP contribution in [0.5, 0.6) is 0 Å². The van der Waals surface area contributed by atoms with Crippen molar-refractivity contribution in [1.29, 1.82) is 0 Å². The number of unbranched alkanes of at least 4 members (excludes halogenated alkanes) is 2. The van der Waals surface area contributed by atoms with Crippen molar-refractivity contribution in [2.75, 3.05) is 26.7 Å². The lowest BCUT2D eigenvalue weighted by atomic mass is 10.1. The van der Waals surface area contributed by atoms with Crippen LogP contribution in [-0.4, -0.2) is 37.9 Å². The van der Waals surface area contributed by atoms with Crippen LogP contribution in [0, 0.1) is 0 Å². The smallest absolute Gasteiger partial charge is 0.106 e. The SMILES string of the molecule is CCCCCN1CCC=C(C=NOC)C1. The van der Waals surface area contributed by atoms with Gasteiger partial charge >= 0.3 is 0 Å². The van der Waals surface area contributed by atoms with Crippen LogP contribution in [0.4, 0.5) is 0 Å². The number of rotatable bonds is 6. The van der Waals surface area contributed by atoms with E-state index in [1.165, 1.54) is 37.9 Å². The molecule has 0 fully saturated rings. The normalized spacial score (nSPS) is 18.1. The summed E-state index contributed by atoms with van der Waals surface area (Å²) in [5.74, 6) is 0. The molecular formula is C12H22N2O. The van der Waals surface area contributed by atoms with Crippen molar-refractivity contribution in [3.63, 3.8) is 0 Å². The molecule has 0 atom stereocenters. The first-order chi connectivity index (χ1) is 7.36. The Morgan fingerprint density at radius 1 is 1.53 bits per heavy atom. The Hall–Kier alpha value is -0.830. The summed E-state index contributed by atoms with van der Waals surface area (Å²) < 4.78 is 0. The van der Waals surface area contributed by atoms with E-state index in [0.29, 0.717) is 0 Å². The van der Waals surface area contributed by atoms with E-state index in [1.807, 2.05) is 6.21 Å². The van der Waals surface area contributed by atoms with E-state index in [-0.39, 0.29) is 0 Å². The second-order valence-corrected chi connectivity index (χ2v) is 3.97. The van der Waals surface area contributed by atoms with Crippen molar-refractivity contribution < 1.29 is 4.84 Å². The zero-order valence-corrected chi connectivity index (χ0v) is 9.91. The Morgan fingerprint density at radius 2 is 2.40 bits per heavy atom. The highest BCUT2D eigenvalue weighted by Gasteiger charge is 2.10. The molecular weight excluding hydrogens is 188 g/mol. The maximum Gasteiger partial charge on any atom is 0.106 e. The molecule has 1 heterocycles. The standard InChI is InChI=1S/C12H22N2O/c1-3-4-5-8-14-9-6-7-12(11-14)10-13-15-2/h7,10H,3-6,8-9,11H2,1-2H3. The summed E-state index contributed by atoms with van der Waals surface area (Å²) in [5.41, 5.74) is 1.28. The molecule has 1 aliphatic heterocycles. The van der Waals surface area contributed by atoms with Gasteiger partial charge in [0.15, 0.2) is 0 Å². The lowest BCUT2D eigenvalue weighted by Crippen LogP contribution is -2.31. The highest BCUT2D eigenvalue weighted by atomic mass is 16.6. The van der Waals surface area contributed by atoms with E-state index in [1.54, 1.807) is 7.11 Å². The molecule has 0 saturated carbocycles. The summed E-state index contributed by atoms with van der Waals surface area (Å²) >= 11 is 0. The summed E-state index contributed by atoms with van der Waals surface area (Å²) in [4.78, 5) is 7.18. The fourth-order valence-electron chi connectivity index (χ4n) is 1.82. The molecule has 0 spiro atoms. The quantitative estimate of drug-likeness (QED) is 0.382. The zero-order valence-electron chi connectivity index (χ0n) is 9.91. The molecule has 0 saturated heterocycles. The average Bonchev–Trinajstić information content (AvgIpc) is 2.27. The molecule has 1 aliphatic rings. The van der Waals surface area contributed by atoms with Crippen LogP contribution in [0.15, 0.2) is 16.8 Å². The van der Waals surface area contributed by atoms with Crippen LogP contribution in [0.3, 0.4) is 0 Å². The van der Waals surface area contributed by atoms with Gasteiger partial charge in [-0.15, -0.1) is 0 Å². The third-order valence-electron chi connectivity index (χ3n) is 2.66. The Labute approximate surface area is 92.8 Å². The van der Waals surface area contributed by atoms with Crippen molar-refractivity contribution in [2.45, 2.75) is 32.6 Å². The summed E-state index contributed by atoms with van der Waals surface area (Å²) in [6.07, 6.45) is 9.15. The number of oxime groups is 1. The maximum atomic E-state index is 4.69. The first-order valence-electron chi connectivity index (χ1n) is 5.84. The molecule has 0 unspecified atom stereocenters. The van der Waals surface area contributed by atoms with Crippen molar-refractivity contribution >= 4 is 6.21 Å². The molecule has 3 nitrogen and oxygen atoms in total. The molecule has 86 valence electrons. The third kappa shape index (κ3) is 4.98.